The van der Waals surface area contributed by atoms with Crippen LogP contribution in [0.1, 0.15) is 11.4 Å². The highest BCUT2D eigenvalue weighted by Crippen LogP contribution is 2.09. The van der Waals surface area contributed by atoms with E-state index in [4.69, 9.17) is 0 Å². The standard InChI is InChI=1S/C17H18F2N6/c1-20-17(21-8-7-12-10-13(18)5-6-14(12)19)22-11-16-24-23-15-4-2-3-9-25(15)16/h2-6,9-10H,7-8,11H2,1H3,(H2,20,21,22). The molecule has 0 radical (unpaired) electrons. The molecular weight excluding hydrogens is 326 g/mol. The Morgan fingerprint density at radius 3 is 2.88 bits per heavy atom. The van der Waals surface area contributed by atoms with E-state index < -0.39 is 11.6 Å². The largest absolute Gasteiger partial charge is 0.356 e. The summed E-state index contributed by atoms with van der Waals surface area (Å²) in [7, 11) is 1.64. The number of hydrogen-bond donors (Lipinski definition) is 2. The summed E-state index contributed by atoms with van der Waals surface area (Å²) in [4.78, 5) is 4.11. The molecule has 0 fully saturated rings. The highest BCUT2D eigenvalue weighted by molar-refractivity contribution is 5.79. The number of nitrogens with one attached hydrogen (secondary N) is 2. The number of aromatic nitrogens is 3. The summed E-state index contributed by atoms with van der Waals surface area (Å²) in [5.74, 6) is 0.429. The van der Waals surface area contributed by atoms with Gasteiger partial charge in [0.05, 0.1) is 6.54 Å². The van der Waals surface area contributed by atoms with Gasteiger partial charge in [0.25, 0.3) is 0 Å². The molecule has 0 saturated heterocycles. The van der Waals surface area contributed by atoms with Gasteiger partial charge >= 0.3 is 0 Å². The van der Waals surface area contributed by atoms with Crippen LogP contribution >= 0.6 is 0 Å². The van der Waals surface area contributed by atoms with Crippen LogP contribution in [0.15, 0.2) is 47.6 Å². The van der Waals surface area contributed by atoms with Crippen LogP contribution in [0.2, 0.25) is 0 Å². The lowest BCUT2D eigenvalue weighted by Crippen LogP contribution is -2.38. The molecule has 130 valence electrons. The molecule has 0 aliphatic carbocycles. The van der Waals surface area contributed by atoms with E-state index in [1.54, 1.807) is 7.05 Å². The molecule has 0 unspecified atom stereocenters. The number of pyridine rings is 1. The molecular formula is C17H18F2N6. The van der Waals surface area contributed by atoms with Gasteiger partial charge in [0.1, 0.15) is 11.6 Å². The summed E-state index contributed by atoms with van der Waals surface area (Å²) in [6.45, 7) is 0.847. The lowest BCUT2D eigenvalue weighted by atomic mass is 10.1. The van der Waals surface area contributed by atoms with Crippen LogP contribution in [0.4, 0.5) is 8.78 Å². The SMILES string of the molecule is CN=C(NCCc1cc(F)ccc1F)NCc1nnc2ccccn12. The first-order valence-corrected chi connectivity index (χ1v) is 7.84. The van der Waals surface area contributed by atoms with Crippen LogP contribution in [0, 0.1) is 11.6 Å². The highest BCUT2D eigenvalue weighted by atomic mass is 19.1. The zero-order chi connectivity index (χ0) is 17.6. The third kappa shape index (κ3) is 4.09. The first kappa shape index (κ1) is 16.8. The summed E-state index contributed by atoms with van der Waals surface area (Å²) >= 11 is 0. The van der Waals surface area contributed by atoms with Crippen molar-refractivity contribution in [2.24, 2.45) is 4.99 Å². The van der Waals surface area contributed by atoms with E-state index in [0.29, 0.717) is 31.0 Å². The van der Waals surface area contributed by atoms with Gasteiger partial charge in [-0.25, -0.2) is 8.78 Å². The number of benzene rings is 1. The number of halogens is 2. The molecule has 3 rings (SSSR count). The molecule has 0 aliphatic heterocycles. The molecule has 0 spiro atoms. The third-order valence-corrected chi connectivity index (χ3v) is 3.72. The molecule has 2 heterocycles. The van der Waals surface area contributed by atoms with Crippen molar-refractivity contribution in [1.82, 2.24) is 25.2 Å². The van der Waals surface area contributed by atoms with Gasteiger partial charge in [0, 0.05) is 19.8 Å². The number of fused-ring (bicyclic) bond motifs is 1. The third-order valence-electron chi connectivity index (χ3n) is 3.72. The highest BCUT2D eigenvalue weighted by Gasteiger charge is 2.07. The van der Waals surface area contributed by atoms with Gasteiger partial charge in [0.15, 0.2) is 17.4 Å². The molecule has 0 aliphatic rings. The van der Waals surface area contributed by atoms with Crippen molar-refractivity contribution >= 4 is 11.6 Å². The van der Waals surface area contributed by atoms with E-state index in [2.05, 4.69) is 25.8 Å². The Kier molecular flexibility index (Phi) is 5.17. The van der Waals surface area contributed by atoms with Crippen molar-refractivity contribution in [3.8, 4) is 0 Å². The Labute approximate surface area is 143 Å². The molecule has 2 aromatic heterocycles. The first-order chi connectivity index (χ1) is 12.2. The Balaban J connectivity index is 1.54. The number of rotatable bonds is 5. The Morgan fingerprint density at radius 2 is 2.04 bits per heavy atom. The maximum atomic E-state index is 13.6. The number of hydrogen-bond acceptors (Lipinski definition) is 3. The Morgan fingerprint density at radius 1 is 1.16 bits per heavy atom. The molecule has 6 nitrogen and oxygen atoms in total. The van der Waals surface area contributed by atoms with Gasteiger partial charge in [0.2, 0.25) is 0 Å². The van der Waals surface area contributed by atoms with Crippen molar-refractivity contribution in [2.75, 3.05) is 13.6 Å². The molecule has 0 saturated carbocycles. The van der Waals surface area contributed by atoms with Crippen LogP contribution in [0.25, 0.3) is 5.65 Å². The molecule has 8 heteroatoms. The monoisotopic (exact) mass is 344 g/mol. The van der Waals surface area contributed by atoms with Crippen molar-refractivity contribution in [3.63, 3.8) is 0 Å². The Hall–Kier alpha value is -3.03. The molecule has 1 aromatic carbocycles. The van der Waals surface area contributed by atoms with Gasteiger partial charge in [-0.2, -0.15) is 0 Å². The van der Waals surface area contributed by atoms with E-state index in [1.807, 2.05) is 28.8 Å². The van der Waals surface area contributed by atoms with Crippen LogP contribution in [0.3, 0.4) is 0 Å². The Bertz CT molecular complexity index is 890. The summed E-state index contributed by atoms with van der Waals surface area (Å²) in [6, 6.07) is 9.12. The van der Waals surface area contributed by atoms with Gasteiger partial charge in [-0.3, -0.25) is 9.39 Å². The molecule has 25 heavy (non-hydrogen) atoms. The van der Waals surface area contributed by atoms with Crippen LogP contribution in [-0.4, -0.2) is 34.2 Å². The predicted octanol–water partition coefficient (Wildman–Crippen LogP) is 1.92. The maximum absolute atomic E-state index is 13.6. The molecule has 3 aromatic rings. The molecule has 0 bridgehead atoms. The second kappa shape index (κ2) is 7.69. The number of nitrogens with zero attached hydrogens (tertiary/aromatic N) is 4. The fourth-order valence-electron chi connectivity index (χ4n) is 2.45. The van der Waals surface area contributed by atoms with Crippen LogP contribution in [-0.2, 0) is 13.0 Å². The van der Waals surface area contributed by atoms with Crippen LogP contribution < -0.4 is 10.6 Å². The molecule has 0 amide bonds. The minimum absolute atomic E-state index is 0.325. The second-order valence-electron chi connectivity index (χ2n) is 5.38. The van der Waals surface area contributed by atoms with Crippen LogP contribution in [0.5, 0.6) is 0 Å². The summed E-state index contributed by atoms with van der Waals surface area (Å²) in [5.41, 5.74) is 1.09. The average Bonchev–Trinajstić information content (AvgIpc) is 3.04. The summed E-state index contributed by atoms with van der Waals surface area (Å²) in [6.07, 6.45) is 2.23. The minimum Gasteiger partial charge on any atom is -0.356 e. The number of guanidine groups is 1. The quantitative estimate of drug-likeness (QED) is 0.548. The molecule has 0 atom stereocenters. The van der Waals surface area contributed by atoms with Gasteiger partial charge < -0.3 is 10.6 Å². The van der Waals surface area contributed by atoms with E-state index in [-0.39, 0.29) is 0 Å². The summed E-state index contributed by atoms with van der Waals surface area (Å²) < 4.78 is 28.6. The number of aliphatic imine (C=N–C) groups is 1. The van der Waals surface area contributed by atoms with E-state index in [0.717, 1.165) is 23.6 Å². The first-order valence-electron chi connectivity index (χ1n) is 7.84. The van der Waals surface area contributed by atoms with Gasteiger partial charge in [-0.1, -0.05) is 6.07 Å². The predicted molar refractivity (Wildman–Crippen MR) is 91.3 cm³/mol. The topological polar surface area (TPSA) is 66.6 Å². The van der Waals surface area contributed by atoms with E-state index in [1.165, 1.54) is 6.07 Å². The second-order valence-corrected chi connectivity index (χ2v) is 5.38. The van der Waals surface area contributed by atoms with Crippen molar-refractivity contribution in [1.29, 1.82) is 0 Å². The van der Waals surface area contributed by atoms with Crippen molar-refractivity contribution < 1.29 is 8.78 Å². The minimum atomic E-state index is -0.447. The lowest BCUT2D eigenvalue weighted by Gasteiger charge is -2.11. The van der Waals surface area contributed by atoms with Crippen molar-refractivity contribution in [3.05, 3.63) is 65.6 Å². The maximum Gasteiger partial charge on any atom is 0.191 e. The normalized spacial score (nSPS) is 11.7. The van der Waals surface area contributed by atoms with Gasteiger partial charge in [-0.05, 0) is 42.3 Å². The fourth-order valence-corrected chi connectivity index (χ4v) is 2.45. The fraction of sp³-hybridized carbons (Fsp3) is 0.235. The zero-order valence-corrected chi connectivity index (χ0v) is 13.7. The van der Waals surface area contributed by atoms with E-state index in [9.17, 15) is 8.78 Å². The van der Waals surface area contributed by atoms with E-state index >= 15 is 0 Å². The van der Waals surface area contributed by atoms with Gasteiger partial charge in [-0.15, -0.1) is 10.2 Å². The average molecular weight is 344 g/mol. The zero-order valence-electron chi connectivity index (χ0n) is 13.7. The smallest absolute Gasteiger partial charge is 0.191 e. The lowest BCUT2D eigenvalue weighted by molar-refractivity contribution is 0.583. The molecule has 2 N–H and O–H groups in total. The summed E-state index contributed by atoms with van der Waals surface area (Å²) in [5, 5.41) is 14.4. The van der Waals surface area contributed by atoms with Crippen molar-refractivity contribution in [2.45, 2.75) is 13.0 Å².